The van der Waals surface area contributed by atoms with E-state index in [0.29, 0.717) is 23.8 Å². The Hall–Kier alpha value is -1.26. The molecule has 2 amide bonds. The second-order valence-electron chi connectivity index (χ2n) is 4.83. The largest absolute Gasteiger partial charge is 0.395 e. The van der Waals surface area contributed by atoms with Crippen LogP contribution in [0.15, 0.2) is 18.2 Å². The summed E-state index contributed by atoms with van der Waals surface area (Å²) in [6.07, 6.45) is 3.10. The zero-order valence-electron chi connectivity index (χ0n) is 12.2. The van der Waals surface area contributed by atoms with Crippen LogP contribution in [0.25, 0.3) is 0 Å². The minimum absolute atomic E-state index is 0.0406. The Labute approximate surface area is 125 Å². The quantitative estimate of drug-likeness (QED) is 0.755. The van der Waals surface area contributed by atoms with Gasteiger partial charge in [-0.25, -0.2) is 4.79 Å². The average molecular weight is 299 g/mol. The smallest absolute Gasteiger partial charge is 0.321 e. The highest BCUT2D eigenvalue weighted by Gasteiger charge is 2.14. The molecule has 112 valence electrons. The lowest BCUT2D eigenvalue weighted by atomic mass is 10.2. The van der Waals surface area contributed by atoms with E-state index in [0.717, 1.165) is 24.8 Å². The number of aliphatic hydroxyl groups is 1. The number of carbonyl (C=O) groups excluding carboxylic acids is 1. The Morgan fingerprint density at radius 3 is 2.75 bits per heavy atom. The van der Waals surface area contributed by atoms with Crippen molar-refractivity contribution >= 4 is 23.3 Å². The molecule has 0 radical (unpaired) electrons. The minimum atomic E-state index is -0.220. The maximum atomic E-state index is 12.2. The fourth-order valence-electron chi connectivity index (χ4n) is 1.92. The molecule has 2 N–H and O–H groups in total. The zero-order valence-corrected chi connectivity index (χ0v) is 12.9. The topological polar surface area (TPSA) is 52.6 Å². The summed E-state index contributed by atoms with van der Waals surface area (Å²) < 4.78 is 0. The van der Waals surface area contributed by atoms with Crippen molar-refractivity contribution in [1.82, 2.24) is 4.90 Å². The van der Waals surface area contributed by atoms with Gasteiger partial charge in [0.15, 0.2) is 0 Å². The van der Waals surface area contributed by atoms with Gasteiger partial charge in [-0.1, -0.05) is 37.4 Å². The van der Waals surface area contributed by atoms with Gasteiger partial charge in [0.05, 0.1) is 17.3 Å². The third-order valence-corrected chi connectivity index (χ3v) is 3.38. The van der Waals surface area contributed by atoms with Gasteiger partial charge in [0.25, 0.3) is 0 Å². The molecule has 0 saturated heterocycles. The van der Waals surface area contributed by atoms with Crippen LogP contribution in [0, 0.1) is 6.92 Å². The second kappa shape index (κ2) is 8.82. The van der Waals surface area contributed by atoms with Crippen LogP contribution in [0.2, 0.25) is 5.02 Å². The predicted octanol–water partition coefficient (Wildman–Crippen LogP) is 3.66. The molecule has 0 bridgehead atoms. The van der Waals surface area contributed by atoms with Crippen LogP contribution >= 0.6 is 11.6 Å². The van der Waals surface area contributed by atoms with Gasteiger partial charge in [-0.15, -0.1) is 0 Å². The predicted molar refractivity (Wildman–Crippen MR) is 83.4 cm³/mol. The summed E-state index contributed by atoms with van der Waals surface area (Å²) >= 11 is 6.07. The maximum absolute atomic E-state index is 12.2. The Balaban J connectivity index is 2.67. The molecule has 5 heteroatoms. The van der Waals surface area contributed by atoms with Gasteiger partial charge < -0.3 is 15.3 Å². The van der Waals surface area contributed by atoms with Crippen molar-refractivity contribution in [2.75, 3.05) is 25.0 Å². The van der Waals surface area contributed by atoms with Gasteiger partial charge in [0, 0.05) is 13.1 Å². The molecule has 0 spiro atoms. The van der Waals surface area contributed by atoms with Gasteiger partial charge in [-0.3, -0.25) is 0 Å². The number of amides is 2. The van der Waals surface area contributed by atoms with Crippen LogP contribution < -0.4 is 5.32 Å². The summed E-state index contributed by atoms with van der Waals surface area (Å²) in [4.78, 5) is 13.8. The van der Waals surface area contributed by atoms with Gasteiger partial charge in [0.1, 0.15) is 0 Å². The lowest BCUT2D eigenvalue weighted by Gasteiger charge is -2.22. The van der Waals surface area contributed by atoms with Crippen molar-refractivity contribution in [3.63, 3.8) is 0 Å². The van der Waals surface area contributed by atoms with E-state index in [9.17, 15) is 4.79 Å². The normalized spacial score (nSPS) is 10.4. The second-order valence-corrected chi connectivity index (χ2v) is 5.24. The van der Waals surface area contributed by atoms with E-state index in [1.807, 2.05) is 19.1 Å². The molecule has 1 aromatic carbocycles. The van der Waals surface area contributed by atoms with Crippen LogP contribution in [-0.2, 0) is 0 Å². The molecule has 0 unspecified atom stereocenters. The van der Waals surface area contributed by atoms with Crippen LogP contribution in [-0.4, -0.2) is 35.7 Å². The molecule has 1 aromatic rings. The van der Waals surface area contributed by atoms with E-state index in [4.69, 9.17) is 16.7 Å². The molecule has 4 nitrogen and oxygen atoms in total. The summed E-state index contributed by atoms with van der Waals surface area (Å²) in [5.41, 5.74) is 1.64. The fourth-order valence-corrected chi connectivity index (χ4v) is 2.08. The summed E-state index contributed by atoms with van der Waals surface area (Å²) in [7, 11) is 0. The van der Waals surface area contributed by atoms with Gasteiger partial charge >= 0.3 is 6.03 Å². The maximum Gasteiger partial charge on any atom is 0.321 e. The first-order chi connectivity index (χ1) is 9.58. The van der Waals surface area contributed by atoms with Crippen LogP contribution in [0.3, 0.4) is 0 Å². The molecule has 0 aliphatic heterocycles. The highest BCUT2D eigenvalue weighted by molar-refractivity contribution is 6.33. The van der Waals surface area contributed by atoms with Gasteiger partial charge in [0.2, 0.25) is 0 Å². The summed E-state index contributed by atoms with van der Waals surface area (Å²) in [5, 5.41) is 12.4. The Kier molecular flexibility index (Phi) is 7.41. The molecule has 0 saturated carbocycles. The molecule has 0 aromatic heterocycles. The number of nitrogens with zero attached hydrogens (tertiary/aromatic N) is 1. The molecule has 0 heterocycles. The number of halogens is 1. The van der Waals surface area contributed by atoms with Crippen LogP contribution in [0.5, 0.6) is 0 Å². The lowest BCUT2D eigenvalue weighted by Crippen LogP contribution is -2.37. The van der Waals surface area contributed by atoms with E-state index in [2.05, 4.69) is 12.2 Å². The zero-order chi connectivity index (χ0) is 15.0. The van der Waals surface area contributed by atoms with E-state index < -0.39 is 0 Å². The van der Waals surface area contributed by atoms with Crippen LogP contribution in [0.1, 0.15) is 31.7 Å². The number of aryl methyl sites for hydroxylation is 1. The van der Waals surface area contributed by atoms with E-state index >= 15 is 0 Å². The summed E-state index contributed by atoms with van der Waals surface area (Å²) in [6, 6.07) is 5.27. The molecule has 0 aliphatic carbocycles. The van der Waals surface area contributed by atoms with Gasteiger partial charge in [-0.05, 0) is 31.0 Å². The fraction of sp³-hybridized carbons (Fsp3) is 0.533. The number of unbranched alkanes of at least 4 members (excludes halogenated alkanes) is 2. The highest BCUT2D eigenvalue weighted by Crippen LogP contribution is 2.23. The minimum Gasteiger partial charge on any atom is -0.395 e. The number of benzene rings is 1. The number of nitrogens with one attached hydrogen (secondary N) is 1. The highest BCUT2D eigenvalue weighted by atomic mass is 35.5. The van der Waals surface area contributed by atoms with E-state index in [1.165, 1.54) is 0 Å². The molecular weight excluding hydrogens is 276 g/mol. The van der Waals surface area contributed by atoms with Crippen molar-refractivity contribution in [3.8, 4) is 0 Å². The molecule has 0 fully saturated rings. The third-order valence-electron chi connectivity index (χ3n) is 3.05. The molecule has 1 rings (SSSR count). The first-order valence-corrected chi connectivity index (χ1v) is 7.39. The van der Waals surface area contributed by atoms with E-state index in [-0.39, 0.29) is 12.6 Å². The lowest BCUT2D eigenvalue weighted by molar-refractivity contribution is 0.187. The summed E-state index contributed by atoms with van der Waals surface area (Å²) in [6.45, 7) is 4.99. The van der Waals surface area contributed by atoms with E-state index in [1.54, 1.807) is 11.0 Å². The molecule has 20 heavy (non-hydrogen) atoms. The number of anilines is 1. The number of hydrogen-bond donors (Lipinski definition) is 2. The molecule has 0 atom stereocenters. The third kappa shape index (κ3) is 5.39. The number of carbonyl (C=O) groups is 1. The van der Waals surface area contributed by atoms with Gasteiger partial charge in [-0.2, -0.15) is 0 Å². The summed E-state index contributed by atoms with van der Waals surface area (Å²) in [5.74, 6) is 0. The van der Waals surface area contributed by atoms with Crippen molar-refractivity contribution in [2.45, 2.75) is 33.1 Å². The van der Waals surface area contributed by atoms with Crippen molar-refractivity contribution < 1.29 is 9.90 Å². The monoisotopic (exact) mass is 298 g/mol. The van der Waals surface area contributed by atoms with Crippen LogP contribution in [0.4, 0.5) is 10.5 Å². The SMILES string of the molecule is CCCCCN(CCO)C(=O)Nc1cc(C)ccc1Cl. The molecular formula is C15H23ClN2O2. The number of urea groups is 1. The first kappa shape index (κ1) is 16.8. The van der Waals surface area contributed by atoms with Crippen molar-refractivity contribution in [1.29, 1.82) is 0 Å². The number of aliphatic hydroxyl groups excluding tert-OH is 1. The average Bonchev–Trinajstić information content (AvgIpc) is 2.42. The van der Waals surface area contributed by atoms with Crippen molar-refractivity contribution in [2.24, 2.45) is 0 Å². The van der Waals surface area contributed by atoms with Crippen molar-refractivity contribution in [3.05, 3.63) is 28.8 Å². The molecule has 0 aliphatic rings. The number of rotatable bonds is 7. The Bertz CT molecular complexity index is 438. The Morgan fingerprint density at radius 2 is 2.10 bits per heavy atom. The first-order valence-electron chi connectivity index (χ1n) is 7.01. The Morgan fingerprint density at radius 1 is 1.35 bits per heavy atom. The standard InChI is InChI=1S/C15H23ClN2O2/c1-3-4-5-8-18(9-10-19)15(20)17-14-11-12(2)6-7-13(14)16/h6-7,11,19H,3-5,8-10H2,1-2H3,(H,17,20). The number of hydrogen-bond acceptors (Lipinski definition) is 2.